The van der Waals surface area contributed by atoms with E-state index in [1.807, 2.05) is 11.3 Å². The largest absolute Gasteiger partial charge is 0.308 e. The van der Waals surface area contributed by atoms with E-state index in [-0.39, 0.29) is 0 Å². The molecule has 0 spiro atoms. The molecule has 1 aliphatic rings. The minimum Gasteiger partial charge on any atom is -0.308 e. The van der Waals surface area contributed by atoms with Crippen LogP contribution in [-0.4, -0.2) is 0 Å². The standard InChI is InChI=1S/C57H41NS/c1-38-23-31-43(32-24-38)57(44-33-25-39(2)26-34-44)51-19-9-6-16-47(51)48-36-35-45(37-52(48)57)58(54-21-12-18-50-49-17-8-11-22-55(49)59-56(50)54)53-20-10-7-15-46(53)42-29-27-41(28-30-42)40-13-4-3-5-14-40/h3-37H,1-2H3. The van der Waals surface area contributed by atoms with Crippen LogP contribution in [0.15, 0.2) is 212 Å². The number of aryl methyl sites for hydroxylation is 2. The van der Waals surface area contributed by atoms with E-state index in [1.165, 1.54) is 92.6 Å². The zero-order chi connectivity index (χ0) is 39.5. The Balaban J connectivity index is 1.19. The number of para-hydroxylation sites is 1. The summed E-state index contributed by atoms with van der Waals surface area (Å²) in [6.07, 6.45) is 0. The van der Waals surface area contributed by atoms with Crippen LogP contribution >= 0.6 is 11.3 Å². The van der Waals surface area contributed by atoms with Crippen molar-refractivity contribution in [3.8, 4) is 33.4 Å². The molecule has 59 heavy (non-hydrogen) atoms. The monoisotopic (exact) mass is 771 g/mol. The molecule has 0 aliphatic heterocycles. The first-order chi connectivity index (χ1) is 29.1. The first-order valence-corrected chi connectivity index (χ1v) is 21.2. The third kappa shape index (κ3) is 5.67. The summed E-state index contributed by atoms with van der Waals surface area (Å²) in [5, 5.41) is 2.57. The van der Waals surface area contributed by atoms with Gasteiger partial charge in [-0.25, -0.2) is 0 Å². The van der Waals surface area contributed by atoms with Gasteiger partial charge in [-0.05, 0) is 94.3 Å². The van der Waals surface area contributed by atoms with Gasteiger partial charge in [-0.1, -0.05) is 193 Å². The lowest BCUT2D eigenvalue weighted by Gasteiger charge is -2.35. The van der Waals surface area contributed by atoms with Crippen LogP contribution in [0, 0.1) is 13.8 Å². The van der Waals surface area contributed by atoms with E-state index in [4.69, 9.17) is 0 Å². The van der Waals surface area contributed by atoms with Crippen LogP contribution in [0.2, 0.25) is 0 Å². The second-order valence-corrected chi connectivity index (χ2v) is 16.9. The Morgan fingerprint density at radius 3 is 1.69 bits per heavy atom. The fraction of sp³-hybridized carbons (Fsp3) is 0.0526. The van der Waals surface area contributed by atoms with Gasteiger partial charge < -0.3 is 4.90 Å². The maximum atomic E-state index is 2.52. The molecule has 0 amide bonds. The zero-order valence-electron chi connectivity index (χ0n) is 33.1. The normalized spacial score (nSPS) is 12.7. The van der Waals surface area contributed by atoms with Gasteiger partial charge in [0, 0.05) is 26.7 Å². The molecular weight excluding hydrogens is 731 g/mol. The summed E-state index contributed by atoms with van der Waals surface area (Å²) in [5.41, 5.74) is 17.9. The summed E-state index contributed by atoms with van der Waals surface area (Å²) < 4.78 is 2.57. The molecule has 0 radical (unpaired) electrons. The topological polar surface area (TPSA) is 3.24 Å². The van der Waals surface area contributed by atoms with Gasteiger partial charge in [0.2, 0.25) is 0 Å². The predicted molar refractivity (Wildman–Crippen MR) is 252 cm³/mol. The minimum atomic E-state index is -0.522. The molecule has 1 aliphatic carbocycles. The van der Waals surface area contributed by atoms with Crippen molar-refractivity contribution in [2.24, 2.45) is 0 Å². The Kier molecular flexibility index (Phi) is 8.43. The third-order valence-electron chi connectivity index (χ3n) is 12.3. The van der Waals surface area contributed by atoms with E-state index >= 15 is 0 Å². The molecule has 0 saturated carbocycles. The van der Waals surface area contributed by atoms with Crippen LogP contribution in [0.25, 0.3) is 53.6 Å². The van der Waals surface area contributed by atoms with E-state index < -0.39 is 5.41 Å². The van der Waals surface area contributed by atoms with Gasteiger partial charge in [0.25, 0.3) is 0 Å². The molecule has 1 nitrogen and oxygen atoms in total. The van der Waals surface area contributed by atoms with Crippen molar-refractivity contribution < 1.29 is 0 Å². The van der Waals surface area contributed by atoms with Gasteiger partial charge in [0.1, 0.15) is 0 Å². The van der Waals surface area contributed by atoms with Crippen LogP contribution in [-0.2, 0) is 5.41 Å². The summed E-state index contributed by atoms with van der Waals surface area (Å²) in [4.78, 5) is 2.52. The predicted octanol–water partition coefficient (Wildman–Crippen LogP) is 15.8. The first kappa shape index (κ1) is 35.2. The number of fused-ring (bicyclic) bond motifs is 6. The van der Waals surface area contributed by atoms with Crippen molar-refractivity contribution in [2.45, 2.75) is 19.3 Å². The number of benzene rings is 9. The molecule has 280 valence electrons. The van der Waals surface area contributed by atoms with Gasteiger partial charge in [-0.2, -0.15) is 0 Å². The number of thiophene rings is 1. The van der Waals surface area contributed by atoms with E-state index in [0.717, 1.165) is 11.4 Å². The van der Waals surface area contributed by atoms with Crippen LogP contribution in [0.1, 0.15) is 33.4 Å². The van der Waals surface area contributed by atoms with Gasteiger partial charge in [0.05, 0.1) is 21.5 Å². The van der Waals surface area contributed by atoms with E-state index in [1.54, 1.807) is 0 Å². The van der Waals surface area contributed by atoms with Crippen LogP contribution < -0.4 is 4.90 Å². The molecule has 0 N–H and O–H groups in total. The van der Waals surface area contributed by atoms with Crippen LogP contribution in [0.5, 0.6) is 0 Å². The van der Waals surface area contributed by atoms with Crippen molar-refractivity contribution in [3.05, 3.63) is 246 Å². The van der Waals surface area contributed by atoms with E-state index in [9.17, 15) is 0 Å². The lowest BCUT2D eigenvalue weighted by atomic mass is 9.67. The molecule has 0 fully saturated rings. The van der Waals surface area contributed by atoms with Crippen molar-refractivity contribution in [3.63, 3.8) is 0 Å². The number of rotatable bonds is 7. The highest BCUT2D eigenvalue weighted by atomic mass is 32.1. The van der Waals surface area contributed by atoms with Crippen molar-refractivity contribution in [1.29, 1.82) is 0 Å². The highest BCUT2D eigenvalue weighted by Gasteiger charge is 2.46. The lowest BCUT2D eigenvalue weighted by Crippen LogP contribution is -2.29. The number of hydrogen-bond acceptors (Lipinski definition) is 2. The second kappa shape index (κ2) is 14.1. The quantitative estimate of drug-likeness (QED) is 0.156. The van der Waals surface area contributed by atoms with Crippen LogP contribution in [0.3, 0.4) is 0 Å². The Bertz CT molecular complexity index is 3110. The number of nitrogens with zero attached hydrogens (tertiary/aromatic N) is 1. The maximum absolute atomic E-state index is 2.52. The van der Waals surface area contributed by atoms with Gasteiger partial charge in [-0.3, -0.25) is 0 Å². The Morgan fingerprint density at radius 1 is 0.390 bits per heavy atom. The van der Waals surface area contributed by atoms with Gasteiger partial charge in [-0.15, -0.1) is 11.3 Å². The molecule has 11 rings (SSSR count). The molecule has 1 aromatic heterocycles. The summed E-state index contributed by atoms with van der Waals surface area (Å²) in [7, 11) is 0. The highest BCUT2D eigenvalue weighted by Crippen LogP contribution is 2.58. The molecule has 1 heterocycles. The second-order valence-electron chi connectivity index (χ2n) is 15.8. The molecule has 0 atom stereocenters. The fourth-order valence-corrected chi connectivity index (χ4v) is 10.7. The third-order valence-corrected chi connectivity index (χ3v) is 13.5. The van der Waals surface area contributed by atoms with Gasteiger partial charge in [0.15, 0.2) is 0 Å². The average Bonchev–Trinajstić information content (AvgIpc) is 3.82. The van der Waals surface area contributed by atoms with E-state index in [0.29, 0.717) is 0 Å². The average molecular weight is 772 g/mol. The summed E-state index contributed by atoms with van der Waals surface area (Å²) in [6.45, 7) is 4.35. The Morgan fingerprint density at radius 2 is 0.949 bits per heavy atom. The van der Waals surface area contributed by atoms with Crippen molar-refractivity contribution in [1.82, 2.24) is 0 Å². The van der Waals surface area contributed by atoms with Crippen LogP contribution in [0.4, 0.5) is 17.1 Å². The lowest BCUT2D eigenvalue weighted by molar-refractivity contribution is 0.767. The molecule has 9 aromatic carbocycles. The summed E-state index contributed by atoms with van der Waals surface area (Å²) in [6, 6.07) is 79.0. The fourth-order valence-electron chi connectivity index (χ4n) is 9.50. The zero-order valence-corrected chi connectivity index (χ0v) is 33.9. The number of anilines is 3. The van der Waals surface area contributed by atoms with E-state index in [2.05, 4.69) is 231 Å². The molecule has 0 bridgehead atoms. The summed E-state index contributed by atoms with van der Waals surface area (Å²) in [5.74, 6) is 0. The minimum absolute atomic E-state index is 0.522. The molecule has 2 heteroatoms. The first-order valence-electron chi connectivity index (χ1n) is 20.4. The molecule has 0 unspecified atom stereocenters. The molecule has 0 saturated heterocycles. The SMILES string of the molecule is Cc1ccc(C2(c3ccc(C)cc3)c3ccccc3-c3ccc(N(c4ccccc4-c4ccc(-c5ccccc5)cc4)c4cccc5c4sc4ccccc45)cc32)cc1. The highest BCUT2D eigenvalue weighted by molar-refractivity contribution is 7.26. The van der Waals surface area contributed by atoms with Crippen molar-refractivity contribution >= 4 is 48.6 Å². The Labute approximate surface area is 350 Å². The Hall–Kier alpha value is -7.00. The summed E-state index contributed by atoms with van der Waals surface area (Å²) >= 11 is 1.88. The molecule has 10 aromatic rings. The smallest absolute Gasteiger partial charge is 0.0714 e. The number of hydrogen-bond donors (Lipinski definition) is 0. The molecular formula is C57H41NS. The van der Waals surface area contributed by atoms with Crippen molar-refractivity contribution in [2.75, 3.05) is 4.90 Å². The van der Waals surface area contributed by atoms with Gasteiger partial charge >= 0.3 is 0 Å². The maximum Gasteiger partial charge on any atom is 0.0714 e.